The number of hydrogen-bond acceptors (Lipinski definition) is 7. The van der Waals surface area contributed by atoms with Crippen molar-refractivity contribution < 1.29 is 53.3 Å². The second kappa shape index (κ2) is 8.57. The molecule has 0 rings (SSSR count). The molecule has 10 heteroatoms. The monoisotopic (exact) mass is 295 g/mol. The van der Waals surface area contributed by atoms with Gasteiger partial charge in [0.15, 0.2) is 0 Å². The van der Waals surface area contributed by atoms with E-state index in [1.807, 2.05) is 0 Å². The Kier molecular flexibility index (Phi) is 9.99. The molecule has 0 spiro atoms. The van der Waals surface area contributed by atoms with Crippen LogP contribution in [0.1, 0.15) is 26.7 Å². The first-order valence-corrected chi connectivity index (χ1v) is 7.20. The van der Waals surface area contributed by atoms with Gasteiger partial charge in [-0.2, -0.15) is 0 Å². The van der Waals surface area contributed by atoms with Crippen molar-refractivity contribution in [3.63, 3.8) is 0 Å². The van der Waals surface area contributed by atoms with E-state index in [0.29, 0.717) is 12.8 Å². The van der Waals surface area contributed by atoms with E-state index in [0.717, 1.165) is 0 Å². The van der Waals surface area contributed by atoms with Crippen LogP contribution in [0.15, 0.2) is 0 Å². The summed E-state index contributed by atoms with van der Waals surface area (Å²) in [7, 11) is -3.37. The summed E-state index contributed by atoms with van der Waals surface area (Å²) in [4.78, 5) is 14.4. The molecular formula is C7H14NNaO6S2. The minimum absolute atomic E-state index is 0. The SMILES string of the molecule is CCC(CC)(CO[N+](=O)[O-])CS(=O)(=S)O[O-].[Na+]. The van der Waals surface area contributed by atoms with Gasteiger partial charge in [-0.1, -0.05) is 13.8 Å². The van der Waals surface area contributed by atoms with E-state index in [9.17, 15) is 19.6 Å². The van der Waals surface area contributed by atoms with Crippen LogP contribution in [0.3, 0.4) is 0 Å². The molecule has 1 unspecified atom stereocenters. The van der Waals surface area contributed by atoms with Gasteiger partial charge >= 0.3 is 29.6 Å². The molecule has 0 bridgehead atoms. The van der Waals surface area contributed by atoms with Crippen LogP contribution in [0.5, 0.6) is 0 Å². The quantitative estimate of drug-likeness (QED) is 0.203. The molecule has 0 saturated carbocycles. The molecule has 0 aliphatic heterocycles. The average Bonchev–Trinajstić information content (AvgIpc) is 2.24. The summed E-state index contributed by atoms with van der Waals surface area (Å²) in [5, 5.41) is 19.3. The molecule has 0 radical (unpaired) electrons. The fraction of sp³-hybridized carbons (Fsp3) is 1.00. The van der Waals surface area contributed by atoms with Gasteiger partial charge in [0, 0.05) is 16.6 Å². The van der Waals surface area contributed by atoms with Crippen LogP contribution in [-0.2, 0) is 29.1 Å². The van der Waals surface area contributed by atoms with Gasteiger partial charge in [0.05, 0.1) is 5.75 Å². The molecule has 0 N–H and O–H groups in total. The summed E-state index contributed by atoms with van der Waals surface area (Å²) in [6.07, 6.45) is 0.905. The molecule has 17 heavy (non-hydrogen) atoms. The van der Waals surface area contributed by atoms with Gasteiger partial charge in [0.1, 0.15) is 15.4 Å². The van der Waals surface area contributed by atoms with Crippen LogP contribution < -0.4 is 34.8 Å². The third-order valence-corrected chi connectivity index (χ3v) is 4.26. The van der Waals surface area contributed by atoms with Gasteiger partial charge in [0.2, 0.25) is 0 Å². The molecule has 1 atom stereocenters. The third-order valence-electron chi connectivity index (χ3n) is 2.56. The normalized spacial score (nSPS) is 14.5. The summed E-state index contributed by atoms with van der Waals surface area (Å²) in [5.41, 5.74) is -0.768. The summed E-state index contributed by atoms with van der Waals surface area (Å²) in [6.45, 7) is 3.26. The van der Waals surface area contributed by atoms with Crippen LogP contribution in [0.2, 0.25) is 0 Å². The number of rotatable bonds is 8. The van der Waals surface area contributed by atoms with E-state index >= 15 is 0 Å². The zero-order valence-corrected chi connectivity index (χ0v) is 13.7. The summed E-state index contributed by atoms with van der Waals surface area (Å²) >= 11 is 4.47. The first-order chi connectivity index (χ1) is 7.31. The van der Waals surface area contributed by atoms with Crippen molar-refractivity contribution in [2.75, 3.05) is 12.4 Å². The molecule has 96 valence electrons. The molecule has 0 aliphatic carbocycles. The smallest absolute Gasteiger partial charge is 0.709 e. The molecule has 0 aromatic heterocycles. The van der Waals surface area contributed by atoms with Crippen molar-refractivity contribution >= 4 is 20.0 Å². The standard InChI is InChI=1S/C7H15NO6S2.Na/c1-3-7(4-2,5-13-8(9)10)6-16(12,15)14-11;/h11H,3-6H2,1-2H3;/q;+1/p-1. The molecule has 0 amide bonds. The minimum atomic E-state index is -3.37. The molecule has 7 nitrogen and oxygen atoms in total. The molecule has 0 aliphatic rings. The van der Waals surface area contributed by atoms with E-state index in [1.165, 1.54) is 0 Å². The van der Waals surface area contributed by atoms with E-state index in [1.54, 1.807) is 13.8 Å². The number of hydrogen-bond donors (Lipinski definition) is 0. The third kappa shape index (κ3) is 7.50. The van der Waals surface area contributed by atoms with Gasteiger partial charge in [-0.3, -0.25) is 0 Å². The van der Waals surface area contributed by atoms with Crippen molar-refractivity contribution in [2.24, 2.45) is 5.41 Å². The van der Waals surface area contributed by atoms with E-state index in [4.69, 9.17) is 0 Å². The predicted molar refractivity (Wildman–Crippen MR) is 57.4 cm³/mol. The van der Waals surface area contributed by atoms with Gasteiger partial charge in [-0.15, -0.1) is 10.1 Å². The Hall–Kier alpha value is 0.490. The number of nitrogens with zero attached hydrogens (tertiary/aromatic N) is 1. The maximum Gasteiger partial charge on any atom is 1.00 e. The maximum atomic E-state index is 11.4. The van der Waals surface area contributed by atoms with Crippen molar-refractivity contribution in [1.29, 1.82) is 0 Å². The van der Waals surface area contributed by atoms with Crippen LogP contribution >= 0.6 is 0 Å². The fourth-order valence-electron chi connectivity index (χ4n) is 1.29. The van der Waals surface area contributed by atoms with E-state index in [-0.39, 0.29) is 41.9 Å². The molecule has 0 heterocycles. The molecule has 0 saturated heterocycles. The Labute approximate surface area is 127 Å². The Bertz CT molecular complexity index is 329. The van der Waals surface area contributed by atoms with Gasteiger partial charge in [0.25, 0.3) is 5.09 Å². The Morgan fingerprint density at radius 3 is 2.18 bits per heavy atom. The van der Waals surface area contributed by atoms with Crippen molar-refractivity contribution in [1.82, 2.24) is 0 Å². The first-order valence-electron chi connectivity index (χ1n) is 4.62. The summed E-state index contributed by atoms with van der Waals surface area (Å²) < 4.78 is 14.9. The van der Waals surface area contributed by atoms with E-state index in [2.05, 4.69) is 20.4 Å². The second-order valence-electron chi connectivity index (χ2n) is 3.47. The Balaban J connectivity index is 0. The largest absolute Gasteiger partial charge is 1.00 e. The van der Waals surface area contributed by atoms with Gasteiger partial charge in [-0.05, 0) is 12.8 Å². The first kappa shape index (κ1) is 19.8. The summed E-state index contributed by atoms with van der Waals surface area (Å²) in [5.74, 6) is -0.223. The van der Waals surface area contributed by atoms with Crippen LogP contribution in [0.25, 0.3) is 0 Å². The molecule has 0 fully saturated rings. The van der Waals surface area contributed by atoms with E-state index < -0.39 is 19.3 Å². The van der Waals surface area contributed by atoms with Gasteiger partial charge < -0.3 is 14.4 Å². The second-order valence-corrected chi connectivity index (χ2v) is 6.54. The maximum absolute atomic E-state index is 11.4. The van der Waals surface area contributed by atoms with Gasteiger partial charge in [-0.25, -0.2) is 4.21 Å². The predicted octanol–water partition coefficient (Wildman–Crippen LogP) is -3.04. The zero-order valence-electron chi connectivity index (χ0n) is 10.0. The topological polar surface area (TPSA) is 102 Å². The van der Waals surface area contributed by atoms with Crippen molar-refractivity contribution in [3.8, 4) is 0 Å². The van der Waals surface area contributed by atoms with Crippen LogP contribution in [-0.4, -0.2) is 21.7 Å². The molecular weight excluding hydrogens is 281 g/mol. The van der Waals surface area contributed by atoms with Crippen molar-refractivity contribution in [3.05, 3.63) is 10.1 Å². The van der Waals surface area contributed by atoms with Crippen LogP contribution in [0.4, 0.5) is 0 Å². The van der Waals surface area contributed by atoms with Crippen LogP contribution in [0, 0.1) is 15.5 Å². The fourth-order valence-corrected chi connectivity index (χ4v) is 3.33. The zero-order chi connectivity index (χ0) is 12.8. The minimum Gasteiger partial charge on any atom is -0.709 e. The summed E-state index contributed by atoms with van der Waals surface area (Å²) in [6, 6.07) is 0. The molecule has 0 aromatic carbocycles. The Morgan fingerprint density at radius 2 is 1.88 bits per heavy atom. The molecule has 0 aromatic rings. The average molecular weight is 295 g/mol. The van der Waals surface area contributed by atoms with Crippen molar-refractivity contribution in [2.45, 2.75) is 26.7 Å². The Morgan fingerprint density at radius 1 is 1.41 bits per heavy atom.